The van der Waals surface area contributed by atoms with E-state index in [0.29, 0.717) is 29.3 Å². The molecule has 0 heterocycles. The first-order valence-corrected chi connectivity index (χ1v) is 11.2. The number of rotatable bonds is 10. The molecule has 0 fully saturated rings. The van der Waals surface area contributed by atoms with Crippen LogP contribution in [-0.4, -0.2) is 38.8 Å². The highest BCUT2D eigenvalue weighted by molar-refractivity contribution is 5.94. The van der Waals surface area contributed by atoms with Crippen molar-refractivity contribution in [2.24, 2.45) is 0 Å². The topological polar surface area (TPSA) is 112 Å². The summed E-state index contributed by atoms with van der Waals surface area (Å²) in [4.78, 5) is 36.2. The number of hydrogen-bond acceptors (Lipinski definition) is 7. The maximum Gasteiger partial charge on any atom is 0.513 e. The summed E-state index contributed by atoms with van der Waals surface area (Å²) in [5, 5.41) is 5.69. The van der Waals surface area contributed by atoms with E-state index in [1.54, 1.807) is 57.5 Å². The highest BCUT2D eigenvalue weighted by atomic mass is 16.7. The van der Waals surface area contributed by atoms with Crippen LogP contribution in [0.1, 0.15) is 28.4 Å². The van der Waals surface area contributed by atoms with Crippen LogP contribution in [0.15, 0.2) is 66.7 Å². The number of ether oxygens (including phenoxy) is 4. The zero-order valence-electron chi connectivity index (χ0n) is 20.3. The third kappa shape index (κ3) is 7.49. The van der Waals surface area contributed by atoms with Gasteiger partial charge in [0.05, 0.1) is 27.2 Å². The van der Waals surface area contributed by atoms with Crippen LogP contribution in [0.2, 0.25) is 0 Å². The Labute approximate surface area is 209 Å². The Bertz CT molecular complexity index is 1190. The quantitative estimate of drug-likeness (QED) is 0.320. The molecule has 3 aromatic carbocycles. The van der Waals surface area contributed by atoms with Gasteiger partial charge in [-0.15, -0.1) is 0 Å². The van der Waals surface area contributed by atoms with Crippen LogP contribution < -0.4 is 24.8 Å². The zero-order valence-corrected chi connectivity index (χ0v) is 20.3. The van der Waals surface area contributed by atoms with Crippen molar-refractivity contribution in [1.82, 2.24) is 5.32 Å². The Morgan fingerprint density at radius 1 is 0.806 bits per heavy atom. The second-order valence-corrected chi connectivity index (χ2v) is 7.60. The van der Waals surface area contributed by atoms with E-state index in [2.05, 4.69) is 10.6 Å². The van der Waals surface area contributed by atoms with E-state index < -0.39 is 6.16 Å². The van der Waals surface area contributed by atoms with Gasteiger partial charge in [-0.1, -0.05) is 18.2 Å². The fraction of sp³-hybridized carbons (Fsp3) is 0.222. The smallest absolute Gasteiger partial charge is 0.493 e. The lowest BCUT2D eigenvalue weighted by atomic mass is 10.1. The van der Waals surface area contributed by atoms with Crippen molar-refractivity contribution < 1.29 is 33.3 Å². The molecule has 188 valence electrons. The highest BCUT2D eigenvalue weighted by Gasteiger charge is 2.10. The lowest BCUT2D eigenvalue weighted by Crippen LogP contribution is -2.22. The molecule has 0 radical (unpaired) electrons. The van der Waals surface area contributed by atoms with E-state index in [1.165, 1.54) is 12.1 Å². The summed E-state index contributed by atoms with van der Waals surface area (Å²) >= 11 is 0. The van der Waals surface area contributed by atoms with Crippen LogP contribution in [0.25, 0.3) is 0 Å². The first kappa shape index (κ1) is 26.1. The summed E-state index contributed by atoms with van der Waals surface area (Å²) in [6.45, 7) is 2.20. The van der Waals surface area contributed by atoms with Crippen molar-refractivity contribution in [2.45, 2.75) is 19.9 Å². The molecule has 0 spiro atoms. The van der Waals surface area contributed by atoms with Crippen molar-refractivity contribution in [1.29, 1.82) is 0 Å². The number of carbonyl (C=O) groups is 3. The van der Waals surface area contributed by atoms with E-state index in [9.17, 15) is 14.4 Å². The van der Waals surface area contributed by atoms with Gasteiger partial charge in [-0.05, 0) is 66.6 Å². The fourth-order valence-electron chi connectivity index (χ4n) is 3.29. The average Bonchev–Trinajstić information content (AvgIpc) is 2.88. The molecule has 0 aliphatic rings. The molecule has 3 aromatic rings. The second kappa shape index (κ2) is 12.8. The van der Waals surface area contributed by atoms with Crippen LogP contribution in [0.3, 0.4) is 0 Å². The standard InChI is InChI=1S/C27H28N2O7/c1-4-35-27(32)36-22-12-8-20(9-13-22)26(31)28-17-18-5-10-21(11-6-18)29-25(30)16-19-7-14-23(33-2)24(15-19)34-3/h5-15H,4,16-17H2,1-3H3,(H,28,31)(H,29,30). The number of benzene rings is 3. The lowest BCUT2D eigenvalue weighted by Gasteiger charge is -2.10. The summed E-state index contributed by atoms with van der Waals surface area (Å²) in [7, 11) is 3.10. The number of methoxy groups -OCH3 is 2. The maximum atomic E-state index is 12.4. The minimum atomic E-state index is -0.796. The number of anilines is 1. The van der Waals surface area contributed by atoms with Gasteiger partial charge in [0.2, 0.25) is 5.91 Å². The Hall–Kier alpha value is -4.53. The van der Waals surface area contributed by atoms with Crippen LogP contribution >= 0.6 is 0 Å². The number of amides is 2. The van der Waals surface area contributed by atoms with E-state index in [1.807, 2.05) is 18.2 Å². The van der Waals surface area contributed by atoms with Gasteiger partial charge in [-0.2, -0.15) is 0 Å². The molecular weight excluding hydrogens is 464 g/mol. The Balaban J connectivity index is 1.48. The molecule has 0 aromatic heterocycles. The Kier molecular flexibility index (Phi) is 9.27. The molecule has 3 rings (SSSR count). The van der Waals surface area contributed by atoms with E-state index in [-0.39, 0.29) is 30.6 Å². The van der Waals surface area contributed by atoms with Gasteiger partial charge in [-0.3, -0.25) is 9.59 Å². The second-order valence-electron chi connectivity index (χ2n) is 7.60. The van der Waals surface area contributed by atoms with Gasteiger partial charge >= 0.3 is 6.16 Å². The van der Waals surface area contributed by atoms with Crippen LogP contribution in [-0.2, 0) is 22.5 Å². The average molecular weight is 493 g/mol. The van der Waals surface area contributed by atoms with E-state index >= 15 is 0 Å². The predicted molar refractivity (Wildman–Crippen MR) is 134 cm³/mol. The highest BCUT2D eigenvalue weighted by Crippen LogP contribution is 2.27. The van der Waals surface area contributed by atoms with Gasteiger partial charge < -0.3 is 29.6 Å². The molecule has 0 saturated heterocycles. The van der Waals surface area contributed by atoms with Crippen molar-refractivity contribution in [2.75, 3.05) is 26.1 Å². The fourth-order valence-corrected chi connectivity index (χ4v) is 3.29. The molecule has 0 atom stereocenters. The van der Waals surface area contributed by atoms with Crippen molar-refractivity contribution in [3.8, 4) is 17.2 Å². The largest absolute Gasteiger partial charge is 0.513 e. The van der Waals surface area contributed by atoms with Gasteiger partial charge in [0.15, 0.2) is 11.5 Å². The molecule has 36 heavy (non-hydrogen) atoms. The third-order valence-corrected chi connectivity index (χ3v) is 5.08. The van der Waals surface area contributed by atoms with E-state index in [4.69, 9.17) is 18.9 Å². The molecular formula is C27H28N2O7. The summed E-state index contributed by atoms with van der Waals surface area (Å²) < 4.78 is 20.2. The minimum Gasteiger partial charge on any atom is -0.493 e. The molecule has 2 N–H and O–H groups in total. The van der Waals surface area contributed by atoms with Crippen molar-refractivity contribution >= 4 is 23.7 Å². The molecule has 0 unspecified atom stereocenters. The Morgan fingerprint density at radius 2 is 1.47 bits per heavy atom. The normalized spacial score (nSPS) is 10.2. The molecule has 0 bridgehead atoms. The number of carbonyl (C=O) groups excluding carboxylic acids is 3. The van der Waals surface area contributed by atoms with Gasteiger partial charge in [0, 0.05) is 17.8 Å². The number of nitrogens with one attached hydrogen (secondary N) is 2. The summed E-state index contributed by atoms with van der Waals surface area (Å²) in [5.74, 6) is 1.01. The summed E-state index contributed by atoms with van der Waals surface area (Å²) in [6.07, 6.45) is -0.614. The molecule has 0 aliphatic heterocycles. The van der Waals surface area contributed by atoms with Crippen LogP contribution in [0, 0.1) is 0 Å². The van der Waals surface area contributed by atoms with Crippen LogP contribution in [0.5, 0.6) is 17.2 Å². The molecule has 2 amide bonds. The predicted octanol–water partition coefficient (Wildman–Crippen LogP) is 4.35. The monoisotopic (exact) mass is 492 g/mol. The first-order chi connectivity index (χ1) is 17.4. The molecule has 0 aliphatic carbocycles. The Morgan fingerprint density at radius 3 is 2.11 bits per heavy atom. The lowest BCUT2D eigenvalue weighted by molar-refractivity contribution is -0.115. The summed E-state index contributed by atoms with van der Waals surface area (Å²) in [6, 6.07) is 18.7. The number of hydrogen-bond donors (Lipinski definition) is 2. The molecule has 9 nitrogen and oxygen atoms in total. The SMILES string of the molecule is CCOC(=O)Oc1ccc(C(=O)NCc2ccc(NC(=O)Cc3ccc(OC)c(OC)c3)cc2)cc1. The van der Waals surface area contributed by atoms with Crippen molar-refractivity contribution in [3.63, 3.8) is 0 Å². The van der Waals surface area contributed by atoms with E-state index in [0.717, 1.165) is 11.1 Å². The maximum absolute atomic E-state index is 12.4. The van der Waals surface area contributed by atoms with Gasteiger partial charge in [0.25, 0.3) is 5.91 Å². The van der Waals surface area contributed by atoms with Crippen molar-refractivity contribution in [3.05, 3.63) is 83.4 Å². The zero-order chi connectivity index (χ0) is 25.9. The van der Waals surface area contributed by atoms with Gasteiger partial charge in [-0.25, -0.2) is 4.79 Å². The van der Waals surface area contributed by atoms with Gasteiger partial charge in [0.1, 0.15) is 5.75 Å². The first-order valence-electron chi connectivity index (χ1n) is 11.2. The van der Waals surface area contributed by atoms with Crippen LogP contribution in [0.4, 0.5) is 10.5 Å². The minimum absolute atomic E-state index is 0.168. The molecule has 0 saturated carbocycles. The molecule has 9 heteroatoms. The third-order valence-electron chi connectivity index (χ3n) is 5.08. The summed E-state index contributed by atoms with van der Waals surface area (Å²) in [5.41, 5.74) is 2.73.